The summed E-state index contributed by atoms with van der Waals surface area (Å²) in [4.78, 5) is 0. The first-order chi connectivity index (χ1) is 0. The number of halogens is 4. The Hall–Kier alpha value is 3.99. The van der Waals surface area contributed by atoms with E-state index in [-0.39, 0.29) is 137 Å². The zero-order chi connectivity index (χ0) is 0. The average molecular weight is 320 g/mol. The number of rotatable bonds is 0. The summed E-state index contributed by atoms with van der Waals surface area (Å²) in [6.45, 7) is 0. The fraction of sp³-hybridized carbons (Fsp3) is 0. The third-order valence-corrected chi connectivity index (χ3v) is 0. The fourth-order valence-corrected chi connectivity index (χ4v) is 0. The van der Waals surface area contributed by atoms with Crippen LogP contribution in [0.15, 0.2) is 0 Å². The molecule has 0 heterocycles. The van der Waals surface area contributed by atoms with Gasteiger partial charge in [0, 0.05) is 0 Å². The molecule has 0 saturated heterocycles. The second kappa shape index (κ2) is 36.0. The third kappa shape index (κ3) is 24.5. The topological polar surface area (TPSA) is 0 Å². The van der Waals surface area contributed by atoms with E-state index in [4.69, 9.17) is 0 Å². The first-order valence-electron chi connectivity index (χ1n) is 0. The van der Waals surface area contributed by atoms with Gasteiger partial charge >= 0.3 is 87.0 Å². The minimum atomic E-state index is 0. The normalized spacial score (nSPS) is 0. The quantitative estimate of drug-likeness (QED) is 0.389. The molecule has 0 rings (SSSR count). The summed E-state index contributed by atoms with van der Waals surface area (Å²) in [6, 6.07) is 0. The molecule has 32 valence electrons. The smallest absolute Gasteiger partial charge is 1.00 e. The monoisotopic (exact) mass is 318 g/mol. The van der Waals surface area contributed by atoms with E-state index in [0.29, 0.717) is 0 Å². The van der Waals surface area contributed by atoms with Gasteiger partial charge in [-0.2, -0.15) is 0 Å². The number of hydrogen-bond donors (Lipinski definition) is 0. The largest absolute Gasteiger partial charge is 3.00 e. The van der Waals surface area contributed by atoms with Crippen molar-refractivity contribution in [1.29, 1.82) is 0 Å². The van der Waals surface area contributed by atoms with Gasteiger partial charge in [-0.05, 0) is 0 Å². The van der Waals surface area contributed by atoms with Gasteiger partial charge in [0.25, 0.3) is 0 Å². The van der Waals surface area contributed by atoms with Gasteiger partial charge in [0.05, 0.1) is 0 Å². The molecule has 0 nitrogen and oxygen atoms in total. The van der Waals surface area contributed by atoms with Crippen molar-refractivity contribution in [2.75, 3.05) is 0 Å². The van der Waals surface area contributed by atoms with Gasteiger partial charge in [0.15, 0.2) is 0 Å². The second-order valence-corrected chi connectivity index (χ2v) is 0. The average Bonchev–Trinajstić information content (AvgIpc) is 0. The molecule has 0 N–H and O–H groups in total. The summed E-state index contributed by atoms with van der Waals surface area (Å²) < 4.78 is 0. The molecule has 0 saturated carbocycles. The fourth-order valence-electron chi connectivity index (χ4n) is 0. The molecular weight excluding hydrogens is 320 g/mol. The Labute approximate surface area is 133 Å². The maximum absolute atomic E-state index is 0. The van der Waals surface area contributed by atoms with Gasteiger partial charge in [-0.25, -0.2) is 0 Å². The van der Waals surface area contributed by atoms with Crippen molar-refractivity contribution < 1.29 is 137 Å². The first-order valence-corrected chi connectivity index (χ1v) is 0. The van der Waals surface area contributed by atoms with Crippen molar-refractivity contribution in [3.8, 4) is 0 Å². The van der Waals surface area contributed by atoms with E-state index in [1.54, 1.807) is 0 Å². The van der Waals surface area contributed by atoms with Crippen LogP contribution in [0.1, 0.15) is 0 Å². The van der Waals surface area contributed by atoms with Crippen LogP contribution in [0.5, 0.6) is 0 Å². The zero-order valence-corrected chi connectivity index (χ0v) is 12.9. The van der Waals surface area contributed by atoms with E-state index < -0.39 is 0 Å². The molecule has 6 heavy (non-hydrogen) atoms. The summed E-state index contributed by atoms with van der Waals surface area (Å²) in [6.07, 6.45) is 0. The predicted molar refractivity (Wildman–Crippen MR) is 0 cm³/mol. The number of hydrogen-bond acceptors (Lipinski definition) is 0. The van der Waals surface area contributed by atoms with Gasteiger partial charge in [-0.3, -0.25) is 0 Å². The minimum Gasteiger partial charge on any atom is -1.00 e. The maximum Gasteiger partial charge on any atom is 3.00 e. The maximum atomic E-state index is 0. The van der Waals surface area contributed by atoms with E-state index in [9.17, 15) is 0 Å². The third-order valence-electron chi connectivity index (χ3n) is 0. The van der Waals surface area contributed by atoms with Crippen LogP contribution in [0.4, 0.5) is 0 Å². The standard InChI is InChI=1S/4ClH.K.La/h4*1H;;/q;;;;+1;+3/p-4. The van der Waals surface area contributed by atoms with E-state index >= 15 is 0 Å². The molecule has 0 amide bonds. The van der Waals surface area contributed by atoms with Crippen molar-refractivity contribution in [2.45, 2.75) is 0 Å². The van der Waals surface area contributed by atoms with Gasteiger partial charge in [-0.15, -0.1) is 0 Å². The first kappa shape index (κ1) is 50.7. The van der Waals surface area contributed by atoms with Crippen LogP contribution in [-0.2, 0) is 0 Å². The van der Waals surface area contributed by atoms with Crippen molar-refractivity contribution in [3.63, 3.8) is 0 Å². The molecule has 0 fully saturated rings. The van der Waals surface area contributed by atoms with Crippen LogP contribution in [0, 0.1) is 35.6 Å². The molecule has 0 aromatic heterocycles. The molecule has 6 heteroatoms. The molecule has 0 bridgehead atoms. The van der Waals surface area contributed by atoms with Crippen LogP contribution in [0.3, 0.4) is 0 Å². The summed E-state index contributed by atoms with van der Waals surface area (Å²) in [5.41, 5.74) is 0. The van der Waals surface area contributed by atoms with Gasteiger partial charge < -0.3 is 49.6 Å². The summed E-state index contributed by atoms with van der Waals surface area (Å²) >= 11 is 0. The predicted octanol–water partition coefficient (Wildman–Crippen LogP) is -15.0. The Bertz CT molecular complexity index is 7.51. The summed E-state index contributed by atoms with van der Waals surface area (Å²) in [5, 5.41) is 0. The molecule has 0 spiro atoms. The van der Waals surface area contributed by atoms with Crippen LogP contribution < -0.4 is 101 Å². The van der Waals surface area contributed by atoms with Crippen molar-refractivity contribution in [2.24, 2.45) is 0 Å². The van der Waals surface area contributed by atoms with Gasteiger partial charge in [0.1, 0.15) is 0 Å². The van der Waals surface area contributed by atoms with Crippen LogP contribution in [0.25, 0.3) is 0 Å². The van der Waals surface area contributed by atoms with Crippen LogP contribution in [0.2, 0.25) is 0 Å². The summed E-state index contributed by atoms with van der Waals surface area (Å²) in [7, 11) is 0. The molecule has 0 aromatic carbocycles. The second-order valence-electron chi connectivity index (χ2n) is 0. The Kier molecular flexibility index (Phi) is 305. The Balaban J connectivity index is 0. The van der Waals surface area contributed by atoms with Crippen LogP contribution in [-0.4, -0.2) is 0 Å². The van der Waals surface area contributed by atoms with Crippen molar-refractivity contribution >= 4 is 0 Å². The van der Waals surface area contributed by atoms with E-state index in [2.05, 4.69) is 0 Å². The molecule has 0 aliphatic heterocycles. The van der Waals surface area contributed by atoms with E-state index in [0.717, 1.165) is 0 Å². The molecule has 0 unspecified atom stereocenters. The molecule has 0 aromatic rings. The molecule has 0 radical (unpaired) electrons. The van der Waals surface area contributed by atoms with Crippen molar-refractivity contribution in [1.82, 2.24) is 0 Å². The van der Waals surface area contributed by atoms with E-state index in [1.807, 2.05) is 0 Å². The molecule has 0 atom stereocenters. The minimum absolute atomic E-state index is 0. The Morgan fingerprint density at radius 1 is 0.500 bits per heavy atom. The van der Waals surface area contributed by atoms with Gasteiger partial charge in [0.2, 0.25) is 0 Å². The van der Waals surface area contributed by atoms with Crippen LogP contribution >= 0.6 is 0 Å². The van der Waals surface area contributed by atoms with Gasteiger partial charge in [-0.1, -0.05) is 0 Å². The Morgan fingerprint density at radius 3 is 0.500 bits per heavy atom. The zero-order valence-electron chi connectivity index (χ0n) is 3.09. The molecule has 0 aliphatic carbocycles. The Morgan fingerprint density at radius 2 is 0.500 bits per heavy atom. The molecule has 0 aliphatic rings. The SMILES string of the molecule is [Cl-].[Cl-].[Cl-].[Cl-].[K+].[La+3]. The van der Waals surface area contributed by atoms with E-state index in [1.165, 1.54) is 0 Å². The summed E-state index contributed by atoms with van der Waals surface area (Å²) in [5.74, 6) is 0. The molecular formula is Cl4KLa. The van der Waals surface area contributed by atoms with Crippen molar-refractivity contribution in [3.05, 3.63) is 0 Å².